The number of likely N-dealkylation sites (tertiary alicyclic amines) is 1. The number of nitrogens with zero attached hydrogens (tertiary/aromatic N) is 1. The van der Waals surface area contributed by atoms with Crippen molar-refractivity contribution in [2.45, 2.75) is 38.8 Å². The lowest BCUT2D eigenvalue weighted by Crippen LogP contribution is -2.37. The Bertz CT molecular complexity index is 504. The van der Waals surface area contributed by atoms with Crippen LogP contribution in [0.2, 0.25) is 0 Å². The molecule has 2 rings (SSSR count). The fourth-order valence-corrected chi connectivity index (χ4v) is 2.73. The molecule has 22 heavy (non-hydrogen) atoms. The van der Waals surface area contributed by atoms with E-state index in [1.165, 1.54) is 5.56 Å². The minimum Gasteiger partial charge on any atom is -0.369 e. The monoisotopic (exact) mass is 303 g/mol. The zero-order valence-electron chi connectivity index (χ0n) is 13.1. The van der Waals surface area contributed by atoms with Crippen LogP contribution in [0.15, 0.2) is 30.3 Å². The summed E-state index contributed by atoms with van der Waals surface area (Å²) in [5, 5.41) is 3.06. The van der Waals surface area contributed by atoms with Crippen molar-refractivity contribution in [3.8, 4) is 0 Å². The first-order valence-electron chi connectivity index (χ1n) is 7.89. The molecule has 1 aromatic rings. The molecular weight excluding hydrogens is 278 g/mol. The first kappa shape index (κ1) is 16.5. The van der Waals surface area contributed by atoms with Gasteiger partial charge in [0.1, 0.15) is 0 Å². The van der Waals surface area contributed by atoms with Gasteiger partial charge in [-0.2, -0.15) is 0 Å². The fraction of sp³-hybridized carbons (Fsp3) is 0.529. The van der Waals surface area contributed by atoms with Crippen molar-refractivity contribution in [1.29, 1.82) is 0 Å². The van der Waals surface area contributed by atoms with E-state index < -0.39 is 0 Å². The molecule has 0 spiro atoms. The van der Waals surface area contributed by atoms with E-state index >= 15 is 0 Å². The highest BCUT2D eigenvalue weighted by Gasteiger charge is 2.24. The molecule has 1 aliphatic heterocycles. The second kappa shape index (κ2) is 7.94. The van der Waals surface area contributed by atoms with Crippen LogP contribution >= 0.6 is 0 Å². The smallest absolute Gasteiger partial charge is 0.220 e. The van der Waals surface area contributed by atoms with Crippen LogP contribution in [-0.4, -0.2) is 35.8 Å². The number of carbonyl (C=O) groups excluding carboxylic acids is 2. The van der Waals surface area contributed by atoms with Gasteiger partial charge in [0, 0.05) is 38.0 Å². The van der Waals surface area contributed by atoms with Crippen molar-refractivity contribution in [2.75, 3.05) is 13.1 Å². The predicted octanol–water partition coefficient (Wildman–Crippen LogP) is 1.28. The lowest BCUT2D eigenvalue weighted by Gasteiger charge is -2.17. The summed E-state index contributed by atoms with van der Waals surface area (Å²) in [5.74, 6) is -0.578. The number of primary amides is 1. The molecule has 0 aliphatic carbocycles. The van der Waals surface area contributed by atoms with Gasteiger partial charge < -0.3 is 11.1 Å². The summed E-state index contributed by atoms with van der Waals surface area (Å²) in [7, 11) is 0. The molecule has 1 aromatic carbocycles. The quantitative estimate of drug-likeness (QED) is 0.797. The van der Waals surface area contributed by atoms with Gasteiger partial charge in [-0.15, -0.1) is 0 Å². The number of hydrogen-bond donors (Lipinski definition) is 2. The number of hydrogen-bond acceptors (Lipinski definition) is 3. The molecule has 1 heterocycles. The number of benzene rings is 1. The van der Waals surface area contributed by atoms with E-state index in [1.54, 1.807) is 6.92 Å². The molecule has 0 radical (unpaired) electrons. The van der Waals surface area contributed by atoms with Gasteiger partial charge in [0.05, 0.1) is 0 Å². The molecule has 0 aromatic heterocycles. The second-order valence-electron chi connectivity index (χ2n) is 6.12. The van der Waals surface area contributed by atoms with Crippen LogP contribution in [0.3, 0.4) is 0 Å². The summed E-state index contributed by atoms with van der Waals surface area (Å²) < 4.78 is 0. The SMILES string of the molecule is CC(CCC(=O)N[C@H]1CCN(Cc2ccccc2)C1)C(N)=O. The molecule has 1 unspecified atom stereocenters. The van der Waals surface area contributed by atoms with Gasteiger partial charge in [-0.25, -0.2) is 0 Å². The molecule has 1 saturated heterocycles. The van der Waals surface area contributed by atoms with E-state index in [0.29, 0.717) is 12.8 Å². The van der Waals surface area contributed by atoms with Crippen LogP contribution in [0.25, 0.3) is 0 Å². The molecule has 0 saturated carbocycles. The Morgan fingerprint density at radius 2 is 2.09 bits per heavy atom. The predicted molar refractivity (Wildman–Crippen MR) is 85.9 cm³/mol. The van der Waals surface area contributed by atoms with Crippen LogP contribution in [0.5, 0.6) is 0 Å². The minimum absolute atomic E-state index is 0.0136. The highest BCUT2D eigenvalue weighted by Crippen LogP contribution is 2.14. The molecule has 1 fully saturated rings. The third-order valence-electron chi connectivity index (χ3n) is 4.18. The third-order valence-corrected chi connectivity index (χ3v) is 4.18. The van der Waals surface area contributed by atoms with Gasteiger partial charge in [0.2, 0.25) is 11.8 Å². The molecule has 2 amide bonds. The first-order chi connectivity index (χ1) is 10.5. The van der Waals surface area contributed by atoms with E-state index in [0.717, 1.165) is 26.1 Å². The topological polar surface area (TPSA) is 75.4 Å². The summed E-state index contributed by atoms with van der Waals surface area (Å²) in [5.41, 5.74) is 6.50. The molecule has 0 bridgehead atoms. The lowest BCUT2D eigenvalue weighted by molar-refractivity contribution is -0.123. The Balaban J connectivity index is 1.70. The van der Waals surface area contributed by atoms with Crippen molar-refractivity contribution in [1.82, 2.24) is 10.2 Å². The van der Waals surface area contributed by atoms with E-state index in [2.05, 4.69) is 22.3 Å². The maximum Gasteiger partial charge on any atom is 0.220 e. The van der Waals surface area contributed by atoms with Crippen molar-refractivity contribution in [3.05, 3.63) is 35.9 Å². The van der Waals surface area contributed by atoms with Gasteiger partial charge in [-0.1, -0.05) is 37.3 Å². The molecule has 120 valence electrons. The van der Waals surface area contributed by atoms with Crippen LogP contribution in [-0.2, 0) is 16.1 Å². The Hall–Kier alpha value is -1.88. The largest absolute Gasteiger partial charge is 0.369 e. The summed E-state index contributed by atoms with van der Waals surface area (Å²) in [6.07, 6.45) is 1.85. The van der Waals surface area contributed by atoms with Crippen LogP contribution in [0.4, 0.5) is 0 Å². The van der Waals surface area contributed by atoms with Crippen molar-refractivity contribution in [3.63, 3.8) is 0 Å². The number of carbonyl (C=O) groups is 2. The maximum absolute atomic E-state index is 11.9. The second-order valence-corrected chi connectivity index (χ2v) is 6.12. The van der Waals surface area contributed by atoms with Gasteiger partial charge in [0.15, 0.2) is 0 Å². The molecule has 2 atom stereocenters. The average Bonchev–Trinajstić information content (AvgIpc) is 2.92. The molecule has 1 aliphatic rings. The van der Waals surface area contributed by atoms with Crippen LogP contribution in [0, 0.1) is 5.92 Å². The third kappa shape index (κ3) is 5.15. The number of nitrogens with one attached hydrogen (secondary N) is 1. The lowest BCUT2D eigenvalue weighted by atomic mass is 10.0. The van der Waals surface area contributed by atoms with Crippen LogP contribution in [0.1, 0.15) is 31.7 Å². The average molecular weight is 303 g/mol. The number of nitrogens with two attached hydrogens (primary N) is 1. The summed E-state index contributed by atoms with van der Waals surface area (Å²) in [4.78, 5) is 25.2. The Morgan fingerprint density at radius 1 is 1.36 bits per heavy atom. The van der Waals surface area contributed by atoms with E-state index in [1.807, 2.05) is 18.2 Å². The Labute approximate surface area is 131 Å². The fourth-order valence-electron chi connectivity index (χ4n) is 2.73. The molecule has 5 heteroatoms. The standard InChI is InChI=1S/C17H25N3O2/c1-13(17(18)22)7-8-16(21)19-15-9-10-20(12-15)11-14-5-3-2-4-6-14/h2-6,13,15H,7-12H2,1H3,(H2,18,22)(H,19,21)/t13?,15-/m0/s1. The summed E-state index contributed by atoms with van der Waals surface area (Å²) >= 11 is 0. The maximum atomic E-state index is 11.9. The van der Waals surface area contributed by atoms with Crippen molar-refractivity contribution in [2.24, 2.45) is 11.7 Å². The number of amides is 2. The highest BCUT2D eigenvalue weighted by atomic mass is 16.2. The van der Waals surface area contributed by atoms with Crippen molar-refractivity contribution < 1.29 is 9.59 Å². The van der Waals surface area contributed by atoms with E-state index in [9.17, 15) is 9.59 Å². The normalized spacial score (nSPS) is 19.8. The zero-order valence-corrected chi connectivity index (χ0v) is 13.1. The van der Waals surface area contributed by atoms with Crippen molar-refractivity contribution >= 4 is 11.8 Å². The Morgan fingerprint density at radius 3 is 2.77 bits per heavy atom. The van der Waals surface area contributed by atoms with Gasteiger partial charge >= 0.3 is 0 Å². The van der Waals surface area contributed by atoms with Crippen LogP contribution < -0.4 is 11.1 Å². The van der Waals surface area contributed by atoms with Gasteiger partial charge in [-0.05, 0) is 18.4 Å². The first-order valence-corrected chi connectivity index (χ1v) is 7.89. The van der Waals surface area contributed by atoms with Gasteiger partial charge in [0.25, 0.3) is 0 Å². The Kier molecular flexibility index (Phi) is 5.95. The van der Waals surface area contributed by atoms with Gasteiger partial charge in [-0.3, -0.25) is 14.5 Å². The summed E-state index contributed by atoms with van der Waals surface area (Å²) in [6.45, 7) is 4.56. The summed E-state index contributed by atoms with van der Waals surface area (Å²) in [6, 6.07) is 10.6. The minimum atomic E-state index is -0.345. The molecular formula is C17H25N3O2. The number of rotatable bonds is 7. The molecule has 3 N–H and O–H groups in total. The van der Waals surface area contributed by atoms with E-state index in [-0.39, 0.29) is 23.8 Å². The van der Waals surface area contributed by atoms with E-state index in [4.69, 9.17) is 5.73 Å². The highest BCUT2D eigenvalue weighted by molar-refractivity contribution is 5.79. The zero-order chi connectivity index (χ0) is 15.9. The molecule has 5 nitrogen and oxygen atoms in total.